The third-order valence-electron chi connectivity index (χ3n) is 3.15. The predicted molar refractivity (Wildman–Crippen MR) is 63.6 cm³/mol. The zero-order valence-electron chi connectivity index (χ0n) is 10.7. The highest BCUT2D eigenvalue weighted by atomic mass is 16.6. The van der Waals surface area contributed by atoms with Crippen LogP contribution in [0.3, 0.4) is 0 Å². The molecule has 0 saturated carbocycles. The first-order valence-corrected chi connectivity index (χ1v) is 6.33. The Morgan fingerprint density at radius 3 is 1.50 bits per heavy atom. The lowest BCUT2D eigenvalue weighted by atomic mass is 10.1. The summed E-state index contributed by atoms with van der Waals surface area (Å²) in [6.07, 6.45) is 0.442. The number of ether oxygens (including phenoxy) is 2. The van der Waals surface area contributed by atoms with Crippen LogP contribution in [0.4, 0.5) is 0 Å². The molecule has 2 aliphatic heterocycles. The maximum Gasteiger partial charge on any atom is 0.103 e. The second kappa shape index (κ2) is 5.00. The van der Waals surface area contributed by atoms with Gasteiger partial charge in [-0.15, -0.1) is 0 Å². The molecule has 0 amide bonds. The van der Waals surface area contributed by atoms with Gasteiger partial charge in [-0.2, -0.15) is 0 Å². The van der Waals surface area contributed by atoms with Gasteiger partial charge < -0.3 is 20.1 Å². The monoisotopic (exact) mass is 228 g/mol. The van der Waals surface area contributed by atoms with Crippen LogP contribution in [0, 0.1) is 0 Å². The lowest BCUT2D eigenvalue weighted by Gasteiger charge is -2.20. The van der Waals surface area contributed by atoms with Gasteiger partial charge in [0.05, 0.1) is 25.3 Å². The molecule has 2 aliphatic rings. The number of rotatable bonds is 4. The van der Waals surface area contributed by atoms with E-state index in [2.05, 4.69) is 38.3 Å². The molecule has 0 aromatic rings. The zero-order chi connectivity index (χ0) is 11.7. The largest absolute Gasteiger partial charge is 0.372 e. The standard InChI is InChI=1S/C12H24N2O2/c1-7(2)13-9-5-15-12-10(14-8(3)4)6-16-11(9)12/h7-14H,5-6H2,1-4H3. The van der Waals surface area contributed by atoms with Crippen molar-refractivity contribution in [2.75, 3.05) is 13.2 Å². The van der Waals surface area contributed by atoms with E-state index in [-0.39, 0.29) is 12.2 Å². The fraction of sp³-hybridized carbons (Fsp3) is 1.00. The molecule has 0 aromatic carbocycles. The van der Waals surface area contributed by atoms with Crippen molar-refractivity contribution in [2.24, 2.45) is 0 Å². The van der Waals surface area contributed by atoms with Crippen molar-refractivity contribution < 1.29 is 9.47 Å². The van der Waals surface area contributed by atoms with E-state index < -0.39 is 0 Å². The highest BCUT2D eigenvalue weighted by Gasteiger charge is 2.47. The molecule has 2 fully saturated rings. The number of nitrogens with one attached hydrogen (secondary N) is 2. The topological polar surface area (TPSA) is 42.5 Å². The number of hydrogen-bond donors (Lipinski definition) is 2. The molecule has 4 unspecified atom stereocenters. The molecule has 0 bridgehead atoms. The summed E-state index contributed by atoms with van der Waals surface area (Å²) in [5.74, 6) is 0. The van der Waals surface area contributed by atoms with Crippen LogP contribution in [0.25, 0.3) is 0 Å². The minimum Gasteiger partial charge on any atom is -0.372 e. The van der Waals surface area contributed by atoms with Gasteiger partial charge in [-0.25, -0.2) is 0 Å². The van der Waals surface area contributed by atoms with Crippen molar-refractivity contribution in [1.82, 2.24) is 10.6 Å². The van der Waals surface area contributed by atoms with Gasteiger partial charge in [-0.1, -0.05) is 27.7 Å². The maximum atomic E-state index is 5.85. The quantitative estimate of drug-likeness (QED) is 0.736. The Bertz CT molecular complexity index is 209. The van der Waals surface area contributed by atoms with Crippen LogP contribution in [0.1, 0.15) is 27.7 Å². The van der Waals surface area contributed by atoms with Gasteiger partial charge in [0.25, 0.3) is 0 Å². The van der Waals surface area contributed by atoms with Crippen LogP contribution >= 0.6 is 0 Å². The lowest BCUT2D eigenvalue weighted by Crippen LogP contribution is -2.46. The third-order valence-corrected chi connectivity index (χ3v) is 3.15. The summed E-state index contributed by atoms with van der Waals surface area (Å²) >= 11 is 0. The summed E-state index contributed by atoms with van der Waals surface area (Å²) in [4.78, 5) is 0. The fourth-order valence-corrected chi connectivity index (χ4v) is 2.64. The third kappa shape index (κ3) is 2.56. The average Bonchev–Trinajstić information content (AvgIpc) is 2.70. The Kier molecular flexibility index (Phi) is 3.85. The van der Waals surface area contributed by atoms with E-state index in [4.69, 9.17) is 9.47 Å². The van der Waals surface area contributed by atoms with Gasteiger partial charge in [0.1, 0.15) is 12.2 Å². The molecule has 0 spiro atoms. The molecule has 2 heterocycles. The summed E-state index contributed by atoms with van der Waals surface area (Å²) in [5, 5.41) is 7.02. The Hall–Kier alpha value is -0.160. The Morgan fingerprint density at radius 2 is 1.19 bits per heavy atom. The van der Waals surface area contributed by atoms with E-state index in [1.54, 1.807) is 0 Å². The molecule has 16 heavy (non-hydrogen) atoms. The first kappa shape index (κ1) is 12.3. The molecule has 0 radical (unpaired) electrons. The zero-order valence-corrected chi connectivity index (χ0v) is 10.7. The van der Waals surface area contributed by atoms with E-state index in [0.717, 1.165) is 13.2 Å². The summed E-state index contributed by atoms with van der Waals surface area (Å²) in [6.45, 7) is 10.2. The van der Waals surface area contributed by atoms with Crippen molar-refractivity contribution in [3.63, 3.8) is 0 Å². The van der Waals surface area contributed by atoms with Crippen LogP contribution in [-0.2, 0) is 9.47 Å². The van der Waals surface area contributed by atoms with Crippen LogP contribution in [0.15, 0.2) is 0 Å². The van der Waals surface area contributed by atoms with E-state index >= 15 is 0 Å². The highest BCUT2D eigenvalue weighted by Crippen LogP contribution is 2.27. The molecule has 4 heteroatoms. The summed E-state index contributed by atoms with van der Waals surface area (Å²) in [5.41, 5.74) is 0. The van der Waals surface area contributed by atoms with Gasteiger partial charge in [0.15, 0.2) is 0 Å². The van der Waals surface area contributed by atoms with Gasteiger partial charge >= 0.3 is 0 Å². The normalized spacial score (nSPS) is 38.6. The SMILES string of the molecule is CC(C)NC1COC2C(NC(C)C)COC12. The smallest absolute Gasteiger partial charge is 0.103 e. The lowest BCUT2D eigenvalue weighted by molar-refractivity contribution is 0.0647. The minimum absolute atomic E-state index is 0.221. The fourth-order valence-electron chi connectivity index (χ4n) is 2.64. The second-order valence-corrected chi connectivity index (χ2v) is 5.45. The number of hydrogen-bond acceptors (Lipinski definition) is 4. The van der Waals surface area contributed by atoms with Gasteiger partial charge in [-0.3, -0.25) is 0 Å². The Morgan fingerprint density at radius 1 is 0.812 bits per heavy atom. The highest BCUT2D eigenvalue weighted by molar-refractivity contribution is 5.01. The average molecular weight is 228 g/mol. The predicted octanol–water partition coefficient (Wildman–Crippen LogP) is 0.517. The first-order chi connectivity index (χ1) is 7.58. The van der Waals surface area contributed by atoms with Gasteiger partial charge in [-0.05, 0) is 0 Å². The molecule has 4 atom stereocenters. The molecule has 2 rings (SSSR count). The molecular formula is C12H24N2O2. The molecule has 2 N–H and O–H groups in total. The van der Waals surface area contributed by atoms with Crippen molar-refractivity contribution in [3.8, 4) is 0 Å². The number of fused-ring (bicyclic) bond motifs is 1. The van der Waals surface area contributed by atoms with E-state index in [1.165, 1.54) is 0 Å². The van der Waals surface area contributed by atoms with Crippen LogP contribution < -0.4 is 10.6 Å². The Labute approximate surface area is 98.1 Å². The van der Waals surface area contributed by atoms with E-state index in [1.807, 2.05) is 0 Å². The van der Waals surface area contributed by atoms with Crippen LogP contribution in [0.5, 0.6) is 0 Å². The molecule has 2 saturated heterocycles. The van der Waals surface area contributed by atoms with Crippen molar-refractivity contribution >= 4 is 0 Å². The van der Waals surface area contributed by atoms with Crippen molar-refractivity contribution in [3.05, 3.63) is 0 Å². The van der Waals surface area contributed by atoms with Crippen LogP contribution in [0.2, 0.25) is 0 Å². The molecule has 0 aromatic heterocycles. The van der Waals surface area contributed by atoms with Gasteiger partial charge in [0, 0.05) is 12.1 Å². The molecule has 0 aliphatic carbocycles. The maximum absolute atomic E-state index is 5.85. The van der Waals surface area contributed by atoms with E-state index in [0.29, 0.717) is 24.2 Å². The molecule has 94 valence electrons. The summed E-state index contributed by atoms with van der Waals surface area (Å²) < 4.78 is 11.7. The molecule has 4 nitrogen and oxygen atoms in total. The summed E-state index contributed by atoms with van der Waals surface area (Å²) in [7, 11) is 0. The second-order valence-electron chi connectivity index (χ2n) is 5.45. The van der Waals surface area contributed by atoms with Crippen LogP contribution in [-0.4, -0.2) is 49.6 Å². The minimum atomic E-state index is 0.221. The van der Waals surface area contributed by atoms with Gasteiger partial charge in [0.2, 0.25) is 0 Å². The molecular weight excluding hydrogens is 204 g/mol. The van der Waals surface area contributed by atoms with E-state index in [9.17, 15) is 0 Å². The van der Waals surface area contributed by atoms with Crippen molar-refractivity contribution in [1.29, 1.82) is 0 Å². The Balaban J connectivity index is 1.90. The summed E-state index contributed by atoms with van der Waals surface area (Å²) in [6, 6.07) is 1.66. The first-order valence-electron chi connectivity index (χ1n) is 6.33. The van der Waals surface area contributed by atoms with Crippen molar-refractivity contribution in [2.45, 2.75) is 64.1 Å².